The summed E-state index contributed by atoms with van der Waals surface area (Å²) in [6.45, 7) is 6.12. The first kappa shape index (κ1) is 9.96. The topological polar surface area (TPSA) is 41.5 Å². The van der Waals surface area contributed by atoms with Crippen molar-refractivity contribution in [1.82, 2.24) is 5.32 Å². The molecule has 2 N–H and O–H groups in total. The van der Waals surface area contributed by atoms with Gasteiger partial charge in [-0.05, 0) is 26.2 Å². The van der Waals surface area contributed by atoms with Crippen molar-refractivity contribution in [2.75, 3.05) is 19.8 Å². The van der Waals surface area contributed by atoms with Crippen molar-refractivity contribution in [3.8, 4) is 0 Å². The highest BCUT2D eigenvalue weighted by molar-refractivity contribution is 4.77. The van der Waals surface area contributed by atoms with E-state index in [9.17, 15) is 0 Å². The van der Waals surface area contributed by atoms with Crippen molar-refractivity contribution in [1.29, 1.82) is 0 Å². The zero-order valence-corrected chi connectivity index (χ0v) is 7.92. The van der Waals surface area contributed by atoms with E-state index in [0.29, 0.717) is 12.0 Å². The third-order valence-corrected chi connectivity index (χ3v) is 2.49. The lowest BCUT2D eigenvalue weighted by Gasteiger charge is -2.22. The van der Waals surface area contributed by atoms with Gasteiger partial charge in [-0.15, -0.1) is 0 Å². The summed E-state index contributed by atoms with van der Waals surface area (Å²) in [6, 6.07) is 0.648. The van der Waals surface area contributed by atoms with Crippen LogP contribution in [0.3, 0.4) is 0 Å². The molecule has 0 radical (unpaired) electrons. The van der Waals surface area contributed by atoms with E-state index in [2.05, 4.69) is 12.2 Å². The zero-order chi connectivity index (χ0) is 8.97. The third kappa shape index (κ3) is 2.73. The van der Waals surface area contributed by atoms with Crippen LogP contribution in [0.5, 0.6) is 0 Å². The molecule has 1 fully saturated rings. The van der Waals surface area contributed by atoms with Crippen molar-refractivity contribution < 1.29 is 9.84 Å². The molecule has 0 spiro atoms. The molecule has 0 aromatic rings. The lowest BCUT2D eigenvalue weighted by Crippen LogP contribution is -2.41. The SMILES string of the molecule is CC(CO)NC(C)C1CCOC1. The Morgan fingerprint density at radius 2 is 2.33 bits per heavy atom. The van der Waals surface area contributed by atoms with Crippen molar-refractivity contribution in [2.45, 2.75) is 32.4 Å². The maximum atomic E-state index is 8.83. The van der Waals surface area contributed by atoms with E-state index in [1.807, 2.05) is 6.92 Å². The van der Waals surface area contributed by atoms with Crippen LogP contribution < -0.4 is 5.32 Å². The fraction of sp³-hybridized carbons (Fsp3) is 1.00. The Kier molecular flexibility index (Phi) is 3.98. The molecule has 0 saturated carbocycles. The van der Waals surface area contributed by atoms with E-state index < -0.39 is 0 Å². The minimum atomic E-state index is 0.195. The average molecular weight is 173 g/mol. The number of ether oxygens (including phenoxy) is 1. The summed E-state index contributed by atoms with van der Waals surface area (Å²) in [5, 5.41) is 12.2. The predicted molar refractivity (Wildman–Crippen MR) is 48.1 cm³/mol. The van der Waals surface area contributed by atoms with Gasteiger partial charge in [-0.3, -0.25) is 0 Å². The lowest BCUT2D eigenvalue weighted by molar-refractivity contribution is 0.172. The summed E-state index contributed by atoms with van der Waals surface area (Å²) < 4.78 is 5.29. The summed E-state index contributed by atoms with van der Waals surface area (Å²) in [5.74, 6) is 0.624. The number of nitrogens with one attached hydrogen (secondary N) is 1. The summed E-state index contributed by atoms with van der Waals surface area (Å²) in [7, 11) is 0. The molecular formula is C9H19NO2. The number of rotatable bonds is 4. The molecule has 3 heteroatoms. The van der Waals surface area contributed by atoms with Crippen LogP contribution in [0.25, 0.3) is 0 Å². The van der Waals surface area contributed by atoms with Crippen LogP contribution in [0.2, 0.25) is 0 Å². The molecular weight excluding hydrogens is 154 g/mol. The zero-order valence-electron chi connectivity index (χ0n) is 7.92. The van der Waals surface area contributed by atoms with Crippen LogP contribution in [0.15, 0.2) is 0 Å². The fourth-order valence-electron chi connectivity index (χ4n) is 1.58. The molecule has 1 saturated heterocycles. The maximum absolute atomic E-state index is 8.83. The Labute approximate surface area is 74.1 Å². The van der Waals surface area contributed by atoms with Gasteiger partial charge in [0.2, 0.25) is 0 Å². The van der Waals surface area contributed by atoms with Crippen molar-refractivity contribution in [2.24, 2.45) is 5.92 Å². The Balaban J connectivity index is 2.21. The van der Waals surface area contributed by atoms with Crippen LogP contribution in [0, 0.1) is 5.92 Å². The first-order valence-corrected chi connectivity index (χ1v) is 4.68. The molecule has 1 aliphatic heterocycles. The molecule has 3 nitrogen and oxygen atoms in total. The number of aliphatic hydroxyl groups excluding tert-OH is 1. The van der Waals surface area contributed by atoms with Gasteiger partial charge in [0.05, 0.1) is 13.2 Å². The highest BCUT2D eigenvalue weighted by Crippen LogP contribution is 2.16. The summed E-state index contributed by atoms with van der Waals surface area (Å²) in [6.07, 6.45) is 1.15. The third-order valence-electron chi connectivity index (χ3n) is 2.49. The number of aliphatic hydroxyl groups is 1. The monoisotopic (exact) mass is 173 g/mol. The molecule has 72 valence electrons. The van der Waals surface area contributed by atoms with E-state index in [0.717, 1.165) is 19.6 Å². The normalized spacial score (nSPS) is 28.8. The van der Waals surface area contributed by atoms with E-state index in [4.69, 9.17) is 9.84 Å². The van der Waals surface area contributed by atoms with Gasteiger partial charge in [-0.2, -0.15) is 0 Å². The number of hydrogen-bond acceptors (Lipinski definition) is 3. The van der Waals surface area contributed by atoms with Crippen LogP contribution >= 0.6 is 0 Å². The van der Waals surface area contributed by atoms with Gasteiger partial charge in [-0.1, -0.05) is 0 Å². The standard InChI is InChI=1S/C9H19NO2/c1-7(5-11)10-8(2)9-3-4-12-6-9/h7-11H,3-6H2,1-2H3. The van der Waals surface area contributed by atoms with Crippen LogP contribution in [-0.2, 0) is 4.74 Å². The second-order valence-corrected chi connectivity index (χ2v) is 3.66. The van der Waals surface area contributed by atoms with Crippen LogP contribution in [-0.4, -0.2) is 37.0 Å². The molecule has 3 atom stereocenters. The largest absolute Gasteiger partial charge is 0.395 e. The molecule has 1 heterocycles. The first-order chi connectivity index (χ1) is 5.74. The van der Waals surface area contributed by atoms with Gasteiger partial charge in [0.25, 0.3) is 0 Å². The molecule has 0 aromatic heterocycles. The summed E-state index contributed by atoms with van der Waals surface area (Å²) >= 11 is 0. The van der Waals surface area contributed by atoms with Gasteiger partial charge in [0.1, 0.15) is 0 Å². The summed E-state index contributed by atoms with van der Waals surface area (Å²) in [5.41, 5.74) is 0. The van der Waals surface area contributed by atoms with Gasteiger partial charge < -0.3 is 15.2 Å². The minimum Gasteiger partial charge on any atom is -0.395 e. The average Bonchev–Trinajstić information content (AvgIpc) is 2.56. The van der Waals surface area contributed by atoms with Crippen molar-refractivity contribution in [3.05, 3.63) is 0 Å². The minimum absolute atomic E-state index is 0.195. The predicted octanol–water partition coefficient (Wildman–Crippen LogP) is 0.382. The van der Waals surface area contributed by atoms with Crippen LogP contribution in [0.4, 0.5) is 0 Å². The molecule has 1 aliphatic rings. The van der Waals surface area contributed by atoms with Gasteiger partial charge in [-0.25, -0.2) is 0 Å². The Hall–Kier alpha value is -0.120. The second kappa shape index (κ2) is 4.80. The van der Waals surface area contributed by atoms with Gasteiger partial charge >= 0.3 is 0 Å². The first-order valence-electron chi connectivity index (χ1n) is 4.68. The smallest absolute Gasteiger partial charge is 0.0582 e. The molecule has 0 bridgehead atoms. The maximum Gasteiger partial charge on any atom is 0.0582 e. The highest BCUT2D eigenvalue weighted by atomic mass is 16.5. The second-order valence-electron chi connectivity index (χ2n) is 3.66. The molecule has 3 unspecified atom stereocenters. The molecule has 0 amide bonds. The van der Waals surface area contributed by atoms with E-state index in [-0.39, 0.29) is 12.6 Å². The van der Waals surface area contributed by atoms with E-state index in [1.165, 1.54) is 0 Å². The lowest BCUT2D eigenvalue weighted by atomic mass is 10.0. The summed E-state index contributed by atoms with van der Waals surface area (Å²) in [4.78, 5) is 0. The van der Waals surface area contributed by atoms with Crippen LogP contribution in [0.1, 0.15) is 20.3 Å². The van der Waals surface area contributed by atoms with Gasteiger partial charge in [0, 0.05) is 18.7 Å². The molecule has 0 aliphatic carbocycles. The van der Waals surface area contributed by atoms with E-state index >= 15 is 0 Å². The Morgan fingerprint density at radius 3 is 2.83 bits per heavy atom. The number of hydrogen-bond donors (Lipinski definition) is 2. The molecule has 12 heavy (non-hydrogen) atoms. The Morgan fingerprint density at radius 1 is 1.58 bits per heavy atom. The molecule has 0 aromatic carbocycles. The fourth-order valence-corrected chi connectivity index (χ4v) is 1.58. The van der Waals surface area contributed by atoms with E-state index in [1.54, 1.807) is 0 Å². The highest BCUT2D eigenvalue weighted by Gasteiger charge is 2.22. The van der Waals surface area contributed by atoms with Crippen molar-refractivity contribution >= 4 is 0 Å². The van der Waals surface area contributed by atoms with Gasteiger partial charge in [0.15, 0.2) is 0 Å². The Bertz CT molecular complexity index is 124. The van der Waals surface area contributed by atoms with Crippen molar-refractivity contribution in [3.63, 3.8) is 0 Å². The quantitative estimate of drug-likeness (QED) is 0.646. The molecule has 1 rings (SSSR count).